The van der Waals surface area contributed by atoms with Crippen LogP contribution in [0.25, 0.3) is 11.1 Å². The standard InChI is InChI=1S/C20H26.CH2O3/c1-19(2,3)17-14-10-13-16(18(17)20(4,5)6)15-11-8-7-9-12-15;2-1(3)4/h7-14H,1-6H3;(H2,2,3,4). The van der Waals surface area contributed by atoms with E-state index in [4.69, 9.17) is 15.0 Å². The van der Waals surface area contributed by atoms with Crippen LogP contribution in [0.1, 0.15) is 52.7 Å². The maximum atomic E-state index is 8.56. The van der Waals surface area contributed by atoms with Gasteiger partial charge < -0.3 is 10.2 Å². The van der Waals surface area contributed by atoms with E-state index < -0.39 is 6.16 Å². The van der Waals surface area contributed by atoms with Gasteiger partial charge in [0.25, 0.3) is 0 Å². The third-order valence-electron chi connectivity index (χ3n) is 3.71. The Balaban J connectivity index is 0.000000648. The SMILES string of the molecule is CC(C)(C)c1cccc(-c2ccccc2)c1C(C)(C)C.O=C(O)O. The van der Waals surface area contributed by atoms with Crippen molar-refractivity contribution in [3.05, 3.63) is 59.7 Å². The zero-order valence-electron chi connectivity index (χ0n) is 15.4. The van der Waals surface area contributed by atoms with Crippen LogP contribution in [0.3, 0.4) is 0 Å². The second kappa shape index (κ2) is 7.52. The summed E-state index contributed by atoms with van der Waals surface area (Å²) in [6, 6.07) is 17.5. The lowest BCUT2D eigenvalue weighted by Crippen LogP contribution is -2.22. The predicted molar refractivity (Wildman–Crippen MR) is 99.9 cm³/mol. The molecule has 0 aliphatic heterocycles. The molecular weight excluding hydrogens is 300 g/mol. The van der Waals surface area contributed by atoms with E-state index in [1.54, 1.807) is 0 Å². The lowest BCUT2D eigenvalue weighted by molar-refractivity contribution is 0.137. The molecule has 130 valence electrons. The van der Waals surface area contributed by atoms with Gasteiger partial charge >= 0.3 is 6.16 Å². The number of hydrogen-bond donors (Lipinski definition) is 2. The molecule has 0 fully saturated rings. The highest BCUT2D eigenvalue weighted by Gasteiger charge is 2.27. The van der Waals surface area contributed by atoms with Crippen LogP contribution < -0.4 is 0 Å². The zero-order chi connectivity index (χ0) is 18.5. The Morgan fingerprint density at radius 3 is 1.67 bits per heavy atom. The van der Waals surface area contributed by atoms with E-state index in [-0.39, 0.29) is 10.8 Å². The van der Waals surface area contributed by atoms with Crippen molar-refractivity contribution in [1.29, 1.82) is 0 Å². The number of hydrogen-bond acceptors (Lipinski definition) is 1. The minimum absolute atomic E-state index is 0.134. The van der Waals surface area contributed by atoms with Crippen molar-refractivity contribution in [2.24, 2.45) is 0 Å². The average Bonchev–Trinajstić information content (AvgIpc) is 2.45. The lowest BCUT2D eigenvalue weighted by Gasteiger charge is -2.32. The minimum Gasteiger partial charge on any atom is -0.450 e. The van der Waals surface area contributed by atoms with Gasteiger partial charge in [-0.2, -0.15) is 0 Å². The van der Waals surface area contributed by atoms with Gasteiger partial charge in [0.2, 0.25) is 0 Å². The topological polar surface area (TPSA) is 57.5 Å². The van der Waals surface area contributed by atoms with E-state index in [9.17, 15) is 0 Å². The van der Waals surface area contributed by atoms with E-state index in [0.717, 1.165) is 0 Å². The summed E-state index contributed by atoms with van der Waals surface area (Å²) in [4.78, 5) is 8.56. The van der Waals surface area contributed by atoms with E-state index in [0.29, 0.717) is 0 Å². The van der Waals surface area contributed by atoms with Gasteiger partial charge in [0, 0.05) is 0 Å². The zero-order valence-corrected chi connectivity index (χ0v) is 15.4. The van der Waals surface area contributed by atoms with Gasteiger partial charge in [0.05, 0.1) is 0 Å². The number of carbonyl (C=O) groups is 1. The highest BCUT2D eigenvalue weighted by molar-refractivity contribution is 5.71. The molecule has 0 saturated carbocycles. The van der Waals surface area contributed by atoms with Gasteiger partial charge in [0.15, 0.2) is 0 Å². The summed E-state index contributed by atoms with van der Waals surface area (Å²) in [6.07, 6.45) is -1.83. The third kappa shape index (κ3) is 5.41. The second-order valence-corrected chi connectivity index (χ2v) is 7.88. The molecule has 24 heavy (non-hydrogen) atoms. The van der Waals surface area contributed by atoms with Crippen LogP contribution >= 0.6 is 0 Å². The Bertz CT molecular complexity index is 670. The average molecular weight is 328 g/mol. The Morgan fingerprint density at radius 2 is 1.25 bits per heavy atom. The Morgan fingerprint density at radius 1 is 0.750 bits per heavy atom. The van der Waals surface area contributed by atoms with Crippen LogP contribution in [-0.2, 0) is 10.8 Å². The highest BCUT2D eigenvalue weighted by atomic mass is 16.6. The molecule has 2 aromatic carbocycles. The van der Waals surface area contributed by atoms with Crippen LogP contribution in [0.2, 0.25) is 0 Å². The lowest BCUT2D eigenvalue weighted by atomic mass is 9.72. The summed E-state index contributed by atoms with van der Waals surface area (Å²) in [7, 11) is 0. The molecular formula is C21H28O3. The first-order chi connectivity index (χ1) is 10.9. The number of rotatable bonds is 1. The monoisotopic (exact) mass is 328 g/mol. The van der Waals surface area contributed by atoms with Gasteiger partial charge in [-0.05, 0) is 33.1 Å². The van der Waals surface area contributed by atoms with Crippen molar-refractivity contribution < 1.29 is 15.0 Å². The van der Waals surface area contributed by atoms with Crippen molar-refractivity contribution >= 4 is 6.16 Å². The van der Waals surface area contributed by atoms with E-state index in [1.165, 1.54) is 22.3 Å². The molecule has 0 radical (unpaired) electrons. The molecule has 0 atom stereocenters. The van der Waals surface area contributed by atoms with E-state index in [1.807, 2.05) is 0 Å². The van der Waals surface area contributed by atoms with Crippen LogP contribution in [0.4, 0.5) is 4.79 Å². The maximum absolute atomic E-state index is 8.56. The molecule has 0 spiro atoms. The van der Waals surface area contributed by atoms with Crippen molar-refractivity contribution in [3.63, 3.8) is 0 Å². The van der Waals surface area contributed by atoms with Gasteiger partial charge in [-0.3, -0.25) is 0 Å². The molecule has 0 aliphatic rings. The smallest absolute Gasteiger partial charge is 0.450 e. The molecule has 0 amide bonds. The summed E-state index contributed by atoms with van der Waals surface area (Å²) in [5.74, 6) is 0. The van der Waals surface area contributed by atoms with Crippen LogP contribution in [0, 0.1) is 0 Å². The fraction of sp³-hybridized carbons (Fsp3) is 0.381. The highest BCUT2D eigenvalue weighted by Crippen LogP contribution is 2.40. The van der Waals surface area contributed by atoms with Gasteiger partial charge in [-0.15, -0.1) is 0 Å². The van der Waals surface area contributed by atoms with Crippen molar-refractivity contribution in [2.75, 3.05) is 0 Å². The second-order valence-electron chi connectivity index (χ2n) is 7.88. The number of benzene rings is 2. The molecule has 0 heterocycles. The number of carboxylic acid groups (broad SMARTS) is 2. The Kier molecular flexibility index (Phi) is 6.19. The molecule has 0 unspecified atom stereocenters. The first kappa shape index (κ1) is 19.8. The van der Waals surface area contributed by atoms with Crippen molar-refractivity contribution in [1.82, 2.24) is 0 Å². The van der Waals surface area contributed by atoms with Gasteiger partial charge in [-0.25, -0.2) is 4.79 Å². The van der Waals surface area contributed by atoms with Crippen LogP contribution in [0.15, 0.2) is 48.5 Å². The molecule has 0 aliphatic carbocycles. The maximum Gasteiger partial charge on any atom is 0.503 e. The first-order valence-corrected chi connectivity index (χ1v) is 8.06. The largest absolute Gasteiger partial charge is 0.503 e. The molecule has 2 aromatic rings. The van der Waals surface area contributed by atoms with Gasteiger partial charge in [0.1, 0.15) is 0 Å². The summed E-state index contributed by atoms with van der Waals surface area (Å²) in [6.45, 7) is 13.8. The fourth-order valence-corrected chi connectivity index (χ4v) is 2.84. The van der Waals surface area contributed by atoms with Crippen LogP contribution in [0.5, 0.6) is 0 Å². The summed E-state index contributed by atoms with van der Waals surface area (Å²) in [5, 5.41) is 13.9. The van der Waals surface area contributed by atoms with E-state index >= 15 is 0 Å². The first-order valence-electron chi connectivity index (χ1n) is 8.06. The summed E-state index contributed by atoms with van der Waals surface area (Å²) in [5.41, 5.74) is 5.89. The molecule has 3 heteroatoms. The molecule has 0 aromatic heterocycles. The third-order valence-corrected chi connectivity index (χ3v) is 3.71. The summed E-state index contributed by atoms with van der Waals surface area (Å²) >= 11 is 0. The Labute approximate surface area is 145 Å². The normalized spacial score (nSPS) is 11.4. The van der Waals surface area contributed by atoms with Crippen molar-refractivity contribution in [3.8, 4) is 11.1 Å². The predicted octanol–water partition coefficient (Wildman–Crippen LogP) is 6.17. The molecule has 0 saturated heterocycles. The summed E-state index contributed by atoms with van der Waals surface area (Å²) < 4.78 is 0. The van der Waals surface area contributed by atoms with Crippen molar-refractivity contribution in [2.45, 2.75) is 52.4 Å². The molecule has 2 N–H and O–H groups in total. The molecule has 0 bridgehead atoms. The molecule has 3 nitrogen and oxygen atoms in total. The quantitative estimate of drug-likeness (QED) is 0.658. The van der Waals surface area contributed by atoms with Crippen LogP contribution in [-0.4, -0.2) is 16.4 Å². The molecule has 2 rings (SSSR count). The minimum atomic E-state index is -1.83. The fourth-order valence-electron chi connectivity index (χ4n) is 2.84. The van der Waals surface area contributed by atoms with E-state index in [2.05, 4.69) is 90.1 Å². The Hall–Kier alpha value is -2.29. The van der Waals surface area contributed by atoms with Gasteiger partial charge in [-0.1, -0.05) is 90.1 Å².